The van der Waals surface area contributed by atoms with Gasteiger partial charge < -0.3 is 9.80 Å². The second kappa shape index (κ2) is 8.64. The first-order valence-corrected chi connectivity index (χ1v) is 13.1. The molecule has 1 fully saturated rings. The highest BCUT2D eigenvalue weighted by Crippen LogP contribution is 2.43. The van der Waals surface area contributed by atoms with Gasteiger partial charge in [-0.15, -0.1) is 0 Å². The molecule has 2 heterocycles. The van der Waals surface area contributed by atoms with E-state index in [0.29, 0.717) is 42.5 Å². The number of carbonyl (C=O) groups excluding carboxylic acids is 1. The number of sulfonamides is 1. The standard InChI is InChI=1S/C26H26ClN3O3S/c1-18-7-10-23-22(15-18)21-5-3-4-6-25(21)34(32,33)30(23)17-26(31)29-13-11-28(12-14-29)24-16-20(27)9-8-19(24)2/h3-10,15-16H,11-14,17H2,1-2H3. The van der Waals surface area contributed by atoms with Gasteiger partial charge >= 0.3 is 0 Å². The fourth-order valence-corrected chi connectivity index (χ4v) is 6.57. The predicted octanol–water partition coefficient (Wildman–Crippen LogP) is 4.48. The topological polar surface area (TPSA) is 60.9 Å². The average Bonchev–Trinajstić information content (AvgIpc) is 2.83. The Hall–Kier alpha value is -3.03. The smallest absolute Gasteiger partial charge is 0.265 e. The summed E-state index contributed by atoms with van der Waals surface area (Å²) >= 11 is 6.18. The Kier molecular flexibility index (Phi) is 5.78. The number of aryl methyl sites for hydroxylation is 2. The molecule has 0 N–H and O–H groups in total. The summed E-state index contributed by atoms with van der Waals surface area (Å²) in [6.45, 7) is 6.18. The van der Waals surface area contributed by atoms with Gasteiger partial charge in [0.15, 0.2) is 0 Å². The molecule has 6 nitrogen and oxygen atoms in total. The van der Waals surface area contributed by atoms with Gasteiger partial charge in [-0.1, -0.05) is 47.5 Å². The molecule has 0 aromatic heterocycles. The second-order valence-electron chi connectivity index (χ2n) is 8.83. The second-order valence-corrected chi connectivity index (χ2v) is 11.1. The lowest BCUT2D eigenvalue weighted by molar-refractivity contribution is -0.129. The molecule has 0 saturated carbocycles. The molecule has 34 heavy (non-hydrogen) atoms. The van der Waals surface area contributed by atoms with Gasteiger partial charge in [0.1, 0.15) is 6.54 Å². The van der Waals surface area contributed by atoms with Gasteiger partial charge in [0.2, 0.25) is 5.91 Å². The highest BCUT2D eigenvalue weighted by molar-refractivity contribution is 7.93. The molecule has 0 unspecified atom stereocenters. The van der Waals surface area contributed by atoms with Gasteiger partial charge in [0.25, 0.3) is 10.0 Å². The van der Waals surface area contributed by atoms with Crippen LogP contribution in [0.2, 0.25) is 5.02 Å². The van der Waals surface area contributed by atoms with E-state index in [-0.39, 0.29) is 17.3 Å². The fraction of sp³-hybridized carbons (Fsp3) is 0.269. The van der Waals surface area contributed by atoms with E-state index in [1.54, 1.807) is 23.1 Å². The Balaban J connectivity index is 1.38. The van der Waals surface area contributed by atoms with Gasteiger partial charge in [0, 0.05) is 48.0 Å². The molecule has 2 aliphatic rings. The molecule has 2 aliphatic heterocycles. The maximum absolute atomic E-state index is 13.5. The Bertz CT molecular complexity index is 1380. The summed E-state index contributed by atoms with van der Waals surface area (Å²) < 4.78 is 28.3. The molecule has 0 atom stereocenters. The van der Waals surface area contributed by atoms with E-state index in [1.807, 2.05) is 56.3 Å². The predicted molar refractivity (Wildman–Crippen MR) is 136 cm³/mol. The number of hydrogen-bond donors (Lipinski definition) is 0. The number of carbonyl (C=O) groups is 1. The largest absolute Gasteiger partial charge is 0.368 e. The van der Waals surface area contributed by atoms with Gasteiger partial charge in [-0.25, -0.2) is 8.42 Å². The van der Waals surface area contributed by atoms with Gasteiger partial charge in [-0.05, 0) is 49.7 Å². The normalized spacial score (nSPS) is 16.7. The van der Waals surface area contributed by atoms with Crippen molar-refractivity contribution in [1.82, 2.24) is 4.90 Å². The third-order valence-electron chi connectivity index (χ3n) is 6.59. The van der Waals surface area contributed by atoms with E-state index >= 15 is 0 Å². The van der Waals surface area contributed by atoms with Crippen LogP contribution in [-0.2, 0) is 14.8 Å². The van der Waals surface area contributed by atoms with E-state index in [4.69, 9.17) is 11.6 Å². The lowest BCUT2D eigenvalue weighted by Crippen LogP contribution is -2.52. The van der Waals surface area contributed by atoms with Crippen molar-refractivity contribution in [3.63, 3.8) is 0 Å². The van der Waals surface area contributed by atoms with Crippen molar-refractivity contribution in [1.29, 1.82) is 0 Å². The van der Waals surface area contributed by atoms with Crippen molar-refractivity contribution in [2.24, 2.45) is 0 Å². The molecule has 3 aromatic rings. The van der Waals surface area contributed by atoms with Crippen LogP contribution in [0.1, 0.15) is 11.1 Å². The minimum absolute atomic E-state index is 0.197. The lowest BCUT2D eigenvalue weighted by Gasteiger charge is -2.38. The zero-order valence-corrected chi connectivity index (χ0v) is 20.7. The SMILES string of the molecule is Cc1ccc2c(c1)-c1ccccc1S(=O)(=O)N2CC(=O)N1CCN(c2cc(Cl)ccc2C)CC1. The van der Waals surface area contributed by atoms with Crippen molar-refractivity contribution in [3.8, 4) is 11.1 Å². The minimum Gasteiger partial charge on any atom is -0.368 e. The van der Waals surface area contributed by atoms with Crippen LogP contribution >= 0.6 is 11.6 Å². The Morgan fingerprint density at radius 3 is 2.38 bits per heavy atom. The van der Waals surface area contributed by atoms with Crippen LogP contribution in [-0.4, -0.2) is 51.9 Å². The van der Waals surface area contributed by atoms with Crippen LogP contribution in [0.3, 0.4) is 0 Å². The van der Waals surface area contributed by atoms with Crippen LogP contribution in [0.5, 0.6) is 0 Å². The minimum atomic E-state index is -3.85. The van der Waals surface area contributed by atoms with Gasteiger partial charge in [0.05, 0.1) is 10.6 Å². The number of rotatable bonds is 3. The summed E-state index contributed by atoms with van der Waals surface area (Å²) in [7, 11) is -3.85. The van der Waals surface area contributed by atoms with Crippen molar-refractivity contribution in [3.05, 3.63) is 76.8 Å². The van der Waals surface area contributed by atoms with Crippen molar-refractivity contribution >= 4 is 38.9 Å². The van der Waals surface area contributed by atoms with Crippen molar-refractivity contribution in [2.75, 3.05) is 41.9 Å². The molecule has 0 bridgehead atoms. The van der Waals surface area contributed by atoms with Crippen molar-refractivity contribution < 1.29 is 13.2 Å². The van der Waals surface area contributed by atoms with E-state index in [2.05, 4.69) is 4.90 Å². The number of nitrogens with zero attached hydrogens (tertiary/aromatic N) is 3. The van der Waals surface area contributed by atoms with Gasteiger partial charge in [-0.3, -0.25) is 9.10 Å². The number of amides is 1. The van der Waals surface area contributed by atoms with Crippen molar-refractivity contribution in [2.45, 2.75) is 18.7 Å². The van der Waals surface area contributed by atoms with E-state index in [0.717, 1.165) is 22.4 Å². The molecule has 0 radical (unpaired) electrons. The number of anilines is 2. The maximum Gasteiger partial charge on any atom is 0.265 e. The monoisotopic (exact) mass is 495 g/mol. The molecular formula is C26H26ClN3O3S. The number of hydrogen-bond acceptors (Lipinski definition) is 4. The summed E-state index contributed by atoms with van der Waals surface area (Å²) in [6, 6.07) is 18.5. The number of benzene rings is 3. The van der Waals surface area contributed by atoms with Crippen LogP contribution in [0.4, 0.5) is 11.4 Å². The first-order chi connectivity index (χ1) is 16.3. The third kappa shape index (κ3) is 3.93. The maximum atomic E-state index is 13.5. The van der Waals surface area contributed by atoms with Gasteiger partial charge in [-0.2, -0.15) is 0 Å². The molecule has 1 saturated heterocycles. The van der Waals surface area contributed by atoms with Crippen LogP contribution in [0, 0.1) is 13.8 Å². The van der Waals surface area contributed by atoms with E-state index in [1.165, 1.54) is 4.31 Å². The highest BCUT2D eigenvalue weighted by Gasteiger charge is 2.37. The Morgan fingerprint density at radius 2 is 1.62 bits per heavy atom. The van der Waals surface area contributed by atoms with Crippen LogP contribution in [0.25, 0.3) is 11.1 Å². The molecule has 5 rings (SSSR count). The summed E-state index contributed by atoms with van der Waals surface area (Å²) in [4.78, 5) is 17.5. The number of fused-ring (bicyclic) bond motifs is 3. The molecule has 176 valence electrons. The number of piperazine rings is 1. The Morgan fingerprint density at radius 1 is 0.882 bits per heavy atom. The fourth-order valence-electron chi connectivity index (χ4n) is 4.76. The molecular weight excluding hydrogens is 470 g/mol. The summed E-state index contributed by atoms with van der Waals surface area (Å²) in [5.41, 5.74) is 5.29. The van der Waals surface area contributed by atoms with Crippen LogP contribution in [0.15, 0.2) is 65.6 Å². The van der Waals surface area contributed by atoms with Crippen LogP contribution < -0.4 is 9.21 Å². The molecule has 8 heteroatoms. The zero-order chi connectivity index (χ0) is 24.0. The number of halogens is 1. The lowest BCUT2D eigenvalue weighted by atomic mass is 10.0. The summed E-state index contributed by atoms with van der Waals surface area (Å²) in [5.74, 6) is -0.197. The molecule has 0 spiro atoms. The molecule has 0 aliphatic carbocycles. The zero-order valence-electron chi connectivity index (χ0n) is 19.2. The first kappa shape index (κ1) is 22.7. The summed E-state index contributed by atoms with van der Waals surface area (Å²) in [5, 5.41) is 0.684. The summed E-state index contributed by atoms with van der Waals surface area (Å²) in [6.07, 6.45) is 0. The molecule has 1 amide bonds. The van der Waals surface area contributed by atoms with E-state index < -0.39 is 10.0 Å². The average molecular weight is 496 g/mol. The Labute approximate surface area is 205 Å². The highest BCUT2D eigenvalue weighted by atomic mass is 35.5. The van der Waals surface area contributed by atoms with E-state index in [9.17, 15) is 13.2 Å². The first-order valence-electron chi connectivity index (χ1n) is 11.3. The quantitative estimate of drug-likeness (QED) is 0.537. The third-order valence-corrected chi connectivity index (χ3v) is 8.64. The molecule has 3 aromatic carbocycles.